The molecule has 1 rings (SSSR count). The molecule has 0 unspecified atom stereocenters. The summed E-state index contributed by atoms with van der Waals surface area (Å²) in [6.07, 6.45) is 0. The minimum Gasteiger partial charge on any atom is -0.350 e. The Morgan fingerprint density at radius 3 is 2.67 bits per heavy atom. The number of carbonyl (C=O) groups is 1. The molecule has 0 saturated carbocycles. The first-order valence-corrected chi connectivity index (χ1v) is 4.06. The third-order valence-electron chi connectivity index (χ3n) is 1.65. The Hall–Kier alpha value is -1.98. The van der Waals surface area contributed by atoms with Gasteiger partial charge in [0.25, 0.3) is 0 Å². The van der Waals surface area contributed by atoms with E-state index in [1.165, 1.54) is 13.0 Å². The molecule has 4 nitrogen and oxygen atoms in total. The lowest BCUT2D eigenvalue weighted by molar-refractivity contribution is 0.249. The highest BCUT2D eigenvalue weighted by atomic mass is 19.1. The van der Waals surface area contributed by atoms with Crippen LogP contribution in [-0.4, -0.2) is 11.7 Å². The van der Waals surface area contributed by atoms with Gasteiger partial charge in [-0.05, 0) is 19.1 Å². The molecular weight excluding hydrogens is 204 g/mol. The van der Waals surface area contributed by atoms with Crippen LogP contribution in [0, 0.1) is 11.6 Å². The SMILES string of the molecule is C/C(=N\NC(N)=O)c1ccc(F)cc1F. The van der Waals surface area contributed by atoms with Crippen LogP contribution in [0.25, 0.3) is 0 Å². The molecule has 0 atom stereocenters. The van der Waals surface area contributed by atoms with Crippen molar-refractivity contribution in [2.75, 3.05) is 0 Å². The van der Waals surface area contributed by atoms with Crippen LogP contribution in [0.5, 0.6) is 0 Å². The van der Waals surface area contributed by atoms with Gasteiger partial charge in [-0.15, -0.1) is 0 Å². The third kappa shape index (κ3) is 3.01. The van der Waals surface area contributed by atoms with Gasteiger partial charge in [0, 0.05) is 11.6 Å². The summed E-state index contributed by atoms with van der Waals surface area (Å²) >= 11 is 0. The molecule has 0 heterocycles. The van der Waals surface area contributed by atoms with Crippen molar-refractivity contribution < 1.29 is 13.6 Å². The summed E-state index contributed by atoms with van der Waals surface area (Å²) in [5.74, 6) is -1.42. The molecular formula is C9H9F2N3O. The zero-order valence-electron chi connectivity index (χ0n) is 7.92. The fourth-order valence-corrected chi connectivity index (χ4v) is 0.982. The summed E-state index contributed by atoms with van der Waals surface area (Å²) in [5, 5.41) is 3.51. The molecule has 6 heteroatoms. The number of nitrogens with one attached hydrogen (secondary N) is 1. The lowest BCUT2D eigenvalue weighted by atomic mass is 10.1. The number of rotatable bonds is 2. The number of benzene rings is 1. The molecule has 0 aliphatic heterocycles. The molecule has 1 aromatic rings. The number of hydrazone groups is 1. The number of hydrogen-bond acceptors (Lipinski definition) is 2. The fourth-order valence-electron chi connectivity index (χ4n) is 0.982. The van der Waals surface area contributed by atoms with E-state index in [1.807, 2.05) is 5.43 Å². The van der Waals surface area contributed by atoms with Gasteiger partial charge in [0.2, 0.25) is 0 Å². The van der Waals surface area contributed by atoms with Crippen LogP contribution in [0.1, 0.15) is 12.5 Å². The Balaban J connectivity index is 2.95. The van der Waals surface area contributed by atoms with E-state index in [9.17, 15) is 13.6 Å². The molecule has 0 fully saturated rings. The predicted molar refractivity (Wildman–Crippen MR) is 51.3 cm³/mol. The van der Waals surface area contributed by atoms with Crippen molar-refractivity contribution in [1.82, 2.24) is 5.43 Å². The summed E-state index contributed by atoms with van der Waals surface area (Å²) in [7, 11) is 0. The van der Waals surface area contributed by atoms with Gasteiger partial charge in [-0.1, -0.05) is 0 Å². The van der Waals surface area contributed by atoms with Crippen molar-refractivity contribution in [3.63, 3.8) is 0 Å². The van der Waals surface area contributed by atoms with Gasteiger partial charge in [0.1, 0.15) is 11.6 Å². The molecule has 2 amide bonds. The largest absolute Gasteiger partial charge is 0.350 e. The topological polar surface area (TPSA) is 67.5 Å². The van der Waals surface area contributed by atoms with E-state index in [0.29, 0.717) is 0 Å². The maximum atomic E-state index is 13.2. The molecule has 80 valence electrons. The first-order chi connectivity index (χ1) is 7.00. The molecule has 0 bridgehead atoms. The standard InChI is InChI=1S/C9H9F2N3O/c1-5(13-14-9(12)15)7-3-2-6(10)4-8(7)11/h2-4H,1H3,(H3,12,14,15)/b13-5+. The zero-order valence-corrected chi connectivity index (χ0v) is 7.92. The molecule has 0 aromatic heterocycles. The Kier molecular flexibility index (Phi) is 3.33. The number of primary amides is 1. The molecule has 15 heavy (non-hydrogen) atoms. The smallest absolute Gasteiger partial charge is 0.332 e. The van der Waals surface area contributed by atoms with Crippen LogP contribution < -0.4 is 11.2 Å². The number of urea groups is 1. The van der Waals surface area contributed by atoms with E-state index in [2.05, 4.69) is 5.10 Å². The quantitative estimate of drug-likeness (QED) is 0.565. The van der Waals surface area contributed by atoms with Gasteiger partial charge < -0.3 is 5.73 Å². The summed E-state index contributed by atoms with van der Waals surface area (Å²) in [6, 6.07) is 2.21. The number of nitrogens with two attached hydrogens (primary N) is 1. The van der Waals surface area contributed by atoms with Gasteiger partial charge in [0.05, 0.1) is 5.71 Å². The average Bonchev–Trinajstić information content (AvgIpc) is 2.14. The van der Waals surface area contributed by atoms with Gasteiger partial charge >= 0.3 is 6.03 Å². The van der Waals surface area contributed by atoms with Gasteiger partial charge in [0.15, 0.2) is 0 Å². The Morgan fingerprint density at radius 1 is 1.47 bits per heavy atom. The monoisotopic (exact) mass is 213 g/mol. The van der Waals surface area contributed by atoms with Crippen LogP contribution in [0.3, 0.4) is 0 Å². The Morgan fingerprint density at radius 2 is 2.13 bits per heavy atom. The van der Waals surface area contributed by atoms with Crippen molar-refractivity contribution in [2.45, 2.75) is 6.92 Å². The molecule has 3 N–H and O–H groups in total. The third-order valence-corrected chi connectivity index (χ3v) is 1.65. The molecule has 0 aliphatic carbocycles. The number of amides is 2. The molecule has 0 saturated heterocycles. The van der Waals surface area contributed by atoms with E-state index in [4.69, 9.17) is 5.73 Å². The maximum Gasteiger partial charge on any atom is 0.332 e. The first kappa shape index (κ1) is 11.1. The summed E-state index contributed by atoms with van der Waals surface area (Å²) in [4.78, 5) is 10.3. The highest BCUT2D eigenvalue weighted by Gasteiger charge is 2.06. The van der Waals surface area contributed by atoms with Gasteiger partial charge in [-0.2, -0.15) is 5.10 Å². The predicted octanol–water partition coefficient (Wildman–Crippen LogP) is 1.36. The highest BCUT2D eigenvalue weighted by Crippen LogP contribution is 2.10. The molecule has 0 spiro atoms. The van der Waals surface area contributed by atoms with Gasteiger partial charge in [-0.25, -0.2) is 19.0 Å². The van der Waals surface area contributed by atoms with Crippen molar-refractivity contribution in [1.29, 1.82) is 0 Å². The van der Waals surface area contributed by atoms with Crippen LogP contribution in [0.4, 0.5) is 13.6 Å². The minimum atomic E-state index is -0.850. The van der Waals surface area contributed by atoms with Crippen molar-refractivity contribution in [3.8, 4) is 0 Å². The van der Waals surface area contributed by atoms with Crippen molar-refractivity contribution in [3.05, 3.63) is 35.4 Å². The summed E-state index contributed by atoms with van der Waals surface area (Å²) < 4.78 is 25.7. The average molecular weight is 213 g/mol. The van der Waals surface area contributed by atoms with Crippen LogP contribution >= 0.6 is 0 Å². The molecule has 1 aromatic carbocycles. The number of hydrogen-bond donors (Lipinski definition) is 2. The second-order valence-corrected chi connectivity index (χ2v) is 2.80. The van der Waals surface area contributed by atoms with Crippen LogP contribution in [0.15, 0.2) is 23.3 Å². The summed E-state index contributed by atoms with van der Waals surface area (Å²) in [5.41, 5.74) is 7.02. The molecule has 0 radical (unpaired) electrons. The van der Waals surface area contributed by atoms with Crippen molar-refractivity contribution >= 4 is 11.7 Å². The highest BCUT2D eigenvalue weighted by molar-refractivity contribution is 5.99. The second kappa shape index (κ2) is 4.50. The van der Waals surface area contributed by atoms with Crippen LogP contribution in [0.2, 0.25) is 0 Å². The Bertz CT molecular complexity index is 418. The van der Waals surface area contributed by atoms with E-state index in [0.717, 1.165) is 12.1 Å². The van der Waals surface area contributed by atoms with Gasteiger partial charge in [-0.3, -0.25) is 0 Å². The van der Waals surface area contributed by atoms with Crippen LogP contribution in [-0.2, 0) is 0 Å². The second-order valence-electron chi connectivity index (χ2n) is 2.80. The number of halogens is 2. The number of nitrogens with zero attached hydrogens (tertiary/aromatic N) is 1. The normalized spacial score (nSPS) is 11.3. The van der Waals surface area contributed by atoms with Crippen molar-refractivity contribution in [2.24, 2.45) is 10.8 Å². The molecule has 0 aliphatic rings. The lowest BCUT2D eigenvalue weighted by Crippen LogP contribution is -2.25. The Labute approximate surface area is 84.8 Å². The van der Waals surface area contributed by atoms with E-state index < -0.39 is 17.7 Å². The van der Waals surface area contributed by atoms with E-state index in [-0.39, 0.29) is 11.3 Å². The fraction of sp³-hybridized carbons (Fsp3) is 0.111. The first-order valence-electron chi connectivity index (χ1n) is 4.06. The van der Waals surface area contributed by atoms with E-state index >= 15 is 0 Å². The number of carbonyl (C=O) groups excluding carboxylic acids is 1. The minimum absolute atomic E-state index is 0.102. The van der Waals surface area contributed by atoms with E-state index in [1.54, 1.807) is 0 Å². The maximum absolute atomic E-state index is 13.2. The lowest BCUT2D eigenvalue weighted by Gasteiger charge is -2.02. The zero-order chi connectivity index (χ0) is 11.4. The summed E-state index contributed by atoms with van der Waals surface area (Å²) in [6.45, 7) is 1.46.